The lowest BCUT2D eigenvalue weighted by Crippen LogP contribution is -2.44. The monoisotopic (exact) mass is 252 g/mol. The van der Waals surface area contributed by atoms with Crippen molar-refractivity contribution in [2.24, 2.45) is 5.92 Å². The number of carbonyl (C=O) groups excluding carboxylic acids is 1. The first-order chi connectivity index (χ1) is 8.74. The van der Waals surface area contributed by atoms with E-state index in [-0.39, 0.29) is 12.1 Å². The van der Waals surface area contributed by atoms with E-state index in [4.69, 9.17) is 4.74 Å². The molecule has 2 heterocycles. The number of ether oxygens (including phenoxy) is 1. The molecule has 1 aromatic heterocycles. The third-order valence-corrected chi connectivity index (χ3v) is 3.00. The number of amides is 2. The van der Waals surface area contributed by atoms with Crippen molar-refractivity contribution < 1.29 is 9.53 Å². The Morgan fingerprint density at radius 1 is 1.67 bits per heavy atom. The quantitative estimate of drug-likeness (QED) is 0.806. The summed E-state index contributed by atoms with van der Waals surface area (Å²) in [7, 11) is 0. The van der Waals surface area contributed by atoms with Gasteiger partial charge in [0.15, 0.2) is 0 Å². The van der Waals surface area contributed by atoms with Crippen molar-refractivity contribution in [3.63, 3.8) is 0 Å². The molecule has 0 saturated carbocycles. The number of nitrogens with one attached hydrogen (secondary N) is 2. The predicted octanol–water partition coefficient (Wildman–Crippen LogP) is 0.607. The highest BCUT2D eigenvalue weighted by Crippen LogP contribution is 2.10. The number of carbonyl (C=O) groups is 1. The van der Waals surface area contributed by atoms with Crippen LogP contribution in [0.1, 0.15) is 13.3 Å². The van der Waals surface area contributed by atoms with Crippen LogP contribution in [0.4, 0.5) is 4.79 Å². The van der Waals surface area contributed by atoms with E-state index in [0.717, 1.165) is 26.2 Å². The van der Waals surface area contributed by atoms with Crippen molar-refractivity contribution in [3.05, 3.63) is 18.7 Å². The molecule has 0 radical (unpaired) electrons. The van der Waals surface area contributed by atoms with Crippen LogP contribution in [-0.4, -0.2) is 41.4 Å². The van der Waals surface area contributed by atoms with Gasteiger partial charge in [0.2, 0.25) is 0 Å². The molecule has 1 aliphatic heterocycles. The van der Waals surface area contributed by atoms with Gasteiger partial charge in [0.05, 0.1) is 12.9 Å². The third kappa shape index (κ3) is 4.03. The summed E-state index contributed by atoms with van der Waals surface area (Å²) in [6.07, 6.45) is 6.38. The lowest BCUT2D eigenvalue weighted by Gasteiger charge is -2.16. The molecule has 0 bridgehead atoms. The fourth-order valence-corrected chi connectivity index (χ4v) is 2.01. The van der Waals surface area contributed by atoms with Gasteiger partial charge in [-0.05, 0) is 13.3 Å². The van der Waals surface area contributed by atoms with E-state index in [1.807, 2.05) is 17.7 Å². The second kappa shape index (κ2) is 6.39. The summed E-state index contributed by atoms with van der Waals surface area (Å²) in [6, 6.07) is -0.0476. The van der Waals surface area contributed by atoms with Crippen molar-refractivity contribution in [3.8, 4) is 0 Å². The van der Waals surface area contributed by atoms with Gasteiger partial charge in [-0.15, -0.1) is 0 Å². The molecule has 2 atom stereocenters. The summed E-state index contributed by atoms with van der Waals surface area (Å²) < 4.78 is 7.20. The van der Waals surface area contributed by atoms with Gasteiger partial charge >= 0.3 is 6.03 Å². The molecule has 0 aliphatic carbocycles. The average Bonchev–Trinajstić information content (AvgIpc) is 2.98. The highest BCUT2D eigenvalue weighted by molar-refractivity contribution is 5.74. The summed E-state index contributed by atoms with van der Waals surface area (Å²) >= 11 is 0. The number of imidazole rings is 1. The Labute approximate surface area is 107 Å². The van der Waals surface area contributed by atoms with E-state index in [0.29, 0.717) is 12.5 Å². The number of aromatic nitrogens is 2. The largest absolute Gasteiger partial charge is 0.381 e. The zero-order chi connectivity index (χ0) is 12.8. The second-order valence-corrected chi connectivity index (χ2v) is 4.74. The van der Waals surface area contributed by atoms with E-state index in [9.17, 15) is 4.79 Å². The molecule has 100 valence electrons. The topological polar surface area (TPSA) is 68.2 Å². The Bertz CT molecular complexity index is 360. The number of rotatable bonds is 5. The molecule has 0 aromatic carbocycles. The minimum absolute atomic E-state index is 0.0685. The first kappa shape index (κ1) is 12.9. The second-order valence-electron chi connectivity index (χ2n) is 4.74. The van der Waals surface area contributed by atoms with E-state index in [1.165, 1.54) is 0 Å². The van der Waals surface area contributed by atoms with E-state index in [1.54, 1.807) is 12.5 Å². The summed E-state index contributed by atoms with van der Waals surface area (Å²) in [5.74, 6) is 0.458. The van der Waals surface area contributed by atoms with Gasteiger partial charge < -0.3 is 19.9 Å². The van der Waals surface area contributed by atoms with E-state index in [2.05, 4.69) is 15.6 Å². The molecular formula is C12H20N4O2. The Kier molecular flexibility index (Phi) is 4.58. The molecule has 2 rings (SSSR count). The lowest BCUT2D eigenvalue weighted by atomic mass is 10.1. The number of hydrogen-bond acceptors (Lipinski definition) is 3. The molecule has 6 heteroatoms. The standard InChI is InChI=1S/C12H20N4O2/c1-10(7-16-4-3-13-9-16)15-12(17)14-6-11-2-5-18-8-11/h3-4,9-11H,2,5-8H2,1H3,(H2,14,15,17). The molecule has 1 aromatic rings. The van der Waals surface area contributed by atoms with E-state index < -0.39 is 0 Å². The van der Waals surface area contributed by atoms with Crippen LogP contribution in [0.2, 0.25) is 0 Å². The van der Waals surface area contributed by atoms with Crippen molar-refractivity contribution in [2.75, 3.05) is 19.8 Å². The normalized spacial score (nSPS) is 20.6. The Hall–Kier alpha value is -1.56. The van der Waals surface area contributed by atoms with Gasteiger partial charge in [0.25, 0.3) is 0 Å². The molecule has 1 fully saturated rings. The van der Waals surface area contributed by atoms with Crippen LogP contribution in [0, 0.1) is 5.92 Å². The Morgan fingerprint density at radius 3 is 3.22 bits per heavy atom. The van der Waals surface area contributed by atoms with Crippen molar-refractivity contribution in [1.29, 1.82) is 0 Å². The van der Waals surface area contributed by atoms with Crippen LogP contribution < -0.4 is 10.6 Å². The van der Waals surface area contributed by atoms with Gasteiger partial charge in [0, 0.05) is 44.0 Å². The molecule has 1 aliphatic rings. The van der Waals surface area contributed by atoms with Crippen molar-refractivity contribution >= 4 is 6.03 Å². The van der Waals surface area contributed by atoms with Crippen molar-refractivity contribution in [2.45, 2.75) is 25.9 Å². The first-order valence-corrected chi connectivity index (χ1v) is 6.32. The zero-order valence-electron chi connectivity index (χ0n) is 10.6. The minimum atomic E-state index is -0.116. The van der Waals surface area contributed by atoms with Crippen LogP contribution >= 0.6 is 0 Å². The minimum Gasteiger partial charge on any atom is -0.381 e. The Balaban J connectivity index is 1.63. The van der Waals surface area contributed by atoms with Crippen LogP contribution in [0.3, 0.4) is 0 Å². The number of nitrogens with zero attached hydrogens (tertiary/aromatic N) is 2. The zero-order valence-corrected chi connectivity index (χ0v) is 10.6. The fourth-order valence-electron chi connectivity index (χ4n) is 2.01. The van der Waals surface area contributed by atoms with Crippen LogP contribution in [0.15, 0.2) is 18.7 Å². The van der Waals surface area contributed by atoms with Gasteiger partial charge in [0.1, 0.15) is 0 Å². The number of urea groups is 1. The Morgan fingerprint density at radius 2 is 2.56 bits per heavy atom. The maximum Gasteiger partial charge on any atom is 0.315 e. The average molecular weight is 252 g/mol. The first-order valence-electron chi connectivity index (χ1n) is 6.32. The van der Waals surface area contributed by atoms with E-state index >= 15 is 0 Å². The SMILES string of the molecule is CC(Cn1ccnc1)NC(=O)NCC1CCOC1. The summed E-state index contributed by atoms with van der Waals surface area (Å²) in [6.45, 7) is 4.94. The summed E-state index contributed by atoms with van der Waals surface area (Å²) in [4.78, 5) is 15.6. The van der Waals surface area contributed by atoms with Crippen molar-refractivity contribution in [1.82, 2.24) is 20.2 Å². The predicted molar refractivity (Wildman–Crippen MR) is 67.1 cm³/mol. The lowest BCUT2D eigenvalue weighted by molar-refractivity contribution is 0.185. The summed E-state index contributed by atoms with van der Waals surface area (Å²) in [5.41, 5.74) is 0. The van der Waals surface area contributed by atoms with Gasteiger partial charge in [-0.1, -0.05) is 0 Å². The molecule has 0 spiro atoms. The molecule has 2 amide bonds. The van der Waals surface area contributed by atoms with Gasteiger partial charge in [-0.2, -0.15) is 0 Å². The van der Waals surface area contributed by atoms with Crippen LogP contribution in [0.5, 0.6) is 0 Å². The van der Waals surface area contributed by atoms with Crippen LogP contribution in [-0.2, 0) is 11.3 Å². The maximum atomic E-state index is 11.7. The third-order valence-electron chi connectivity index (χ3n) is 3.00. The number of hydrogen-bond donors (Lipinski definition) is 2. The van der Waals surface area contributed by atoms with Gasteiger partial charge in [-0.3, -0.25) is 0 Å². The van der Waals surface area contributed by atoms with Gasteiger partial charge in [-0.25, -0.2) is 9.78 Å². The highest BCUT2D eigenvalue weighted by atomic mass is 16.5. The molecule has 2 unspecified atom stereocenters. The molecule has 6 nitrogen and oxygen atoms in total. The molecular weight excluding hydrogens is 232 g/mol. The molecule has 2 N–H and O–H groups in total. The summed E-state index contributed by atoms with van der Waals surface area (Å²) in [5, 5.41) is 5.78. The molecule has 18 heavy (non-hydrogen) atoms. The highest BCUT2D eigenvalue weighted by Gasteiger charge is 2.16. The maximum absolute atomic E-state index is 11.7. The smallest absolute Gasteiger partial charge is 0.315 e. The molecule has 1 saturated heterocycles. The van der Waals surface area contributed by atoms with Crippen LogP contribution in [0.25, 0.3) is 0 Å². The fraction of sp³-hybridized carbons (Fsp3) is 0.667.